The second kappa shape index (κ2) is 6.76. The van der Waals surface area contributed by atoms with Gasteiger partial charge in [-0.25, -0.2) is 4.79 Å². The molecule has 1 aromatic heterocycles. The highest BCUT2D eigenvalue weighted by molar-refractivity contribution is 5.91. The number of fused-ring (bicyclic) bond motifs is 1. The first kappa shape index (κ1) is 19.6. The number of carbonyl (C=O) groups excluding carboxylic acids is 2. The Bertz CT molecular complexity index is 709. The molecule has 2 unspecified atom stereocenters. The van der Waals surface area contributed by atoms with E-state index < -0.39 is 23.4 Å². The third-order valence-electron chi connectivity index (χ3n) is 4.85. The monoisotopic (exact) mass is 388 g/mol. The number of nitrogens with one attached hydrogen (secondary N) is 1. The summed E-state index contributed by atoms with van der Waals surface area (Å²) >= 11 is 0. The summed E-state index contributed by atoms with van der Waals surface area (Å²) in [6.45, 7) is 6.56. The minimum atomic E-state index is -4.62. The molecule has 2 heterocycles. The third-order valence-corrected chi connectivity index (χ3v) is 4.85. The van der Waals surface area contributed by atoms with Crippen molar-refractivity contribution in [1.82, 2.24) is 10.2 Å². The second-order valence-electron chi connectivity index (χ2n) is 8.21. The molecule has 1 aliphatic carbocycles. The first-order valence-corrected chi connectivity index (χ1v) is 8.88. The highest BCUT2D eigenvalue weighted by atomic mass is 19.4. The van der Waals surface area contributed by atoms with Gasteiger partial charge in [0.1, 0.15) is 5.60 Å². The smallest absolute Gasteiger partial charge is 0.446 e. The Kier molecular flexibility index (Phi) is 4.90. The molecule has 1 saturated carbocycles. The van der Waals surface area contributed by atoms with Gasteiger partial charge in [0.05, 0.1) is 0 Å². The zero-order chi connectivity index (χ0) is 20.0. The Balaban J connectivity index is 1.51. The summed E-state index contributed by atoms with van der Waals surface area (Å²) in [6, 6.07) is 1.63. The van der Waals surface area contributed by atoms with Crippen LogP contribution in [0.2, 0.25) is 0 Å². The van der Waals surface area contributed by atoms with Crippen LogP contribution in [0.5, 0.6) is 0 Å². The Morgan fingerprint density at radius 3 is 2.22 bits per heavy atom. The number of alkyl halides is 3. The quantitative estimate of drug-likeness (QED) is 0.839. The van der Waals surface area contributed by atoms with Gasteiger partial charge in [0.25, 0.3) is 5.91 Å². The van der Waals surface area contributed by atoms with Crippen LogP contribution in [0.4, 0.5) is 18.0 Å². The molecule has 0 aromatic carbocycles. The number of furan rings is 1. The minimum Gasteiger partial charge on any atom is -0.446 e. The maximum Gasteiger partial charge on any atom is 0.449 e. The highest BCUT2D eigenvalue weighted by Gasteiger charge is 2.44. The minimum absolute atomic E-state index is 0.146. The fourth-order valence-electron chi connectivity index (χ4n) is 3.76. The van der Waals surface area contributed by atoms with Gasteiger partial charge in [0, 0.05) is 19.1 Å². The van der Waals surface area contributed by atoms with Crippen LogP contribution in [0.1, 0.15) is 49.9 Å². The van der Waals surface area contributed by atoms with Gasteiger partial charge >= 0.3 is 12.3 Å². The lowest BCUT2D eigenvalue weighted by Crippen LogP contribution is -2.38. The Morgan fingerprint density at radius 1 is 1.15 bits per heavy atom. The summed E-state index contributed by atoms with van der Waals surface area (Å²) in [5, 5.41) is 2.74. The Labute approximate surface area is 155 Å². The van der Waals surface area contributed by atoms with Crippen LogP contribution < -0.4 is 5.32 Å². The maximum atomic E-state index is 12.6. The first-order valence-electron chi connectivity index (χ1n) is 8.88. The van der Waals surface area contributed by atoms with Crippen molar-refractivity contribution in [3.63, 3.8) is 0 Å². The molecule has 1 N–H and O–H groups in total. The summed E-state index contributed by atoms with van der Waals surface area (Å²) in [7, 11) is 0. The van der Waals surface area contributed by atoms with Crippen LogP contribution in [0.15, 0.2) is 16.5 Å². The molecule has 2 aliphatic rings. The summed E-state index contributed by atoms with van der Waals surface area (Å²) in [5.41, 5.74) is -0.552. The van der Waals surface area contributed by atoms with E-state index in [-0.39, 0.29) is 29.7 Å². The van der Waals surface area contributed by atoms with Crippen LogP contribution in [0.25, 0.3) is 0 Å². The predicted octanol–water partition coefficient (Wildman–Crippen LogP) is 3.67. The summed E-state index contributed by atoms with van der Waals surface area (Å²) in [4.78, 5) is 26.0. The molecule has 9 heteroatoms. The van der Waals surface area contributed by atoms with Crippen molar-refractivity contribution in [2.45, 2.75) is 51.4 Å². The van der Waals surface area contributed by atoms with E-state index >= 15 is 0 Å². The van der Waals surface area contributed by atoms with Crippen molar-refractivity contribution in [2.75, 3.05) is 13.1 Å². The molecule has 2 amide bonds. The molecule has 1 aliphatic heterocycles. The summed E-state index contributed by atoms with van der Waals surface area (Å²) in [5.74, 6) is -1.71. The standard InChI is InChI=1S/C18H23F3N2O4/c1-17(2,3)27-16(25)23-8-10-6-12(7-11(10)9-23)22-15(24)13-4-5-14(26-13)18(19,20)21/h4-5,10-12H,6-9H2,1-3H3,(H,22,24). The van der Waals surface area contributed by atoms with Gasteiger partial charge in [-0.15, -0.1) is 0 Å². The average molecular weight is 388 g/mol. The van der Waals surface area contributed by atoms with E-state index in [1.165, 1.54) is 0 Å². The molecule has 27 heavy (non-hydrogen) atoms. The van der Waals surface area contributed by atoms with Crippen molar-refractivity contribution >= 4 is 12.0 Å². The molecular formula is C18H23F3N2O4. The summed E-state index contributed by atoms with van der Waals surface area (Å²) in [6.07, 6.45) is -3.62. The molecule has 3 rings (SSSR count). The van der Waals surface area contributed by atoms with E-state index in [4.69, 9.17) is 4.74 Å². The normalized spacial score (nSPS) is 25.4. The molecule has 1 saturated heterocycles. The molecule has 0 radical (unpaired) electrons. The van der Waals surface area contributed by atoms with Crippen molar-refractivity contribution in [1.29, 1.82) is 0 Å². The zero-order valence-electron chi connectivity index (χ0n) is 15.4. The van der Waals surface area contributed by atoms with Crippen LogP contribution >= 0.6 is 0 Å². The van der Waals surface area contributed by atoms with E-state index in [1.807, 2.05) is 20.8 Å². The average Bonchev–Trinajstić information content (AvgIpc) is 3.18. The van der Waals surface area contributed by atoms with Crippen molar-refractivity contribution < 1.29 is 31.9 Å². The number of halogens is 3. The van der Waals surface area contributed by atoms with Gasteiger partial charge in [0.15, 0.2) is 5.76 Å². The number of likely N-dealkylation sites (tertiary alicyclic amines) is 1. The Hall–Kier alpha value is -2.19. The fourth-order valence-corrected chi connectivity index (χ4v) is 3.76. The van der Waals surface area contributed by atoms with E-state index in [2.05, 4.69) is 9.73 Å². The van der Waals surface area contributed by atoms with Gasteiger partial charge in [-0.05, 0) is 57.6 Å². The fraction of sp³-hybridized carbons (Fsp3) is 0.667. The maximum absolute atomic E-state index is 12.6. The topological polar surface area (TPSA) is 71.8 Å². The molecule has 2 atom stereocenters. The molecule has 6 nitrogen and oxygen atoms in total. The Morgan fingerprint density at radius 2 is 1.74 bits per heavy atom. The number of hydrogen-bond donors (Lipinski definition) is 1. The number of rotatable bonds is 2. The van der Waals surface area contributed by atoms with Crippen molar-refractivity contribution in [3.8, 4) is 0 Å². The van der Waals surface area contributed by atoms with Crippen LogP contribution in [0.3, 0.4) is 0 Å². The molecule has 150 valence electrons. The molecule has 2 fully saturated rings. The lowest BCUT2D eigenvalue weighted by atomic mass is 10.0. The van der Waals surface area contributed by atoms with Gasteiger partial charge in [-0.2, -0.15) is 13.2 Å². The molecule has 0 spiro atoms. The van der Waals surface area contributed by atoms with Crippen LogP contribution in [-0.4, -0.2) is 41.6 Å². The van der Waals surface area contributed by atoms with Crippen molar-refractivity contribution in [2.24, 2.45) is 11.8 Å². The van der Waals surface area contributed by atoms with Gasteiger partial charge in [-0.1, -0.05) is 0 Å². The largest absolute Gasteiger partial charge is 0.449 e. The number of ether oxygens (including phenoxy) is 1. The van der Waals surface area contributed by atoms with E-state index in [0.29, 0.717) is 25.9 Å². The van der Waals surface area contributed by atoms with Gasteiger partial charge in [0.2, 0.25) is 5.76 Å². The number of amides is 2. The zero-order valence-corrected chi connectivity index (χ0v) is 15.4. The third kappa shape index (κ3) is 4.56. The van der Waals surface area contributed by atoms with Crippen LogP contribution in [-0.2, 0) is 10.9 Å². The predicted molar refractivity (Wildman–Crippen MR) is 89.0 cm³/mol. The van der Waals surface area contributed by atoms with Crippen molar-refractivity contribution in [3.05, 3.63) is 23.7 Å². The van der Waals surface area contributed by atoms with Gasteiger partial charge in [-0.3, -0.25) is 4.79 Å². The summed E-state index contributed by atoms with van der Waals surface area (Å²) < 4.78 is 47.7. The van der Waals surface area contributed by atoms with Crippen LogP contribution in [0, 0.1) is 11.8 Å². The van der Waals surface area contributed by atoms with E-state index in [1.54, 1.807) is 4.90 Å². The number of carbonyl (C=O) groups is 2. The SMILES string of the molecule is CC(C)(C)OC(=O)N1CC2CC(NC(=O)c3ccc(C(F)(F)F)o3)CC2C1. The number of nitrogens with zero attached hydrogens (tertiary/aromatic N) is 1. The first-order chi connectivity index (χ1) is 12.4. The highest BCUT2D eigenvalue weighted by Crippen LogP contribution is 2.39. The number of hydrogen-bond acceptors (Lipinski definition) is 4. The second-order valence-corrected chi connectivity index (χ2v) is 8.21. The van der Waals surface area contributed by atoms with Gasteiger partial charge < -0.3 is 19.4 Å². The molecule has 1 aromatic rings. The van der Waals surface area contributed by atoms with E-state index in [9.17, 15) is 22.8 Å². The lowest BCUT2D eigenvalue weighted by Gasteiger charge is -2.25. The molecule has 0 bridgehead atoms. The molecular weight excluding hydrogens is 365 g/mol. The van der Waals surface area contributed by atoms with E-state index in [0.717, 1.165) is 12.1 Å². The lowest BCUT2D eigenvalue weighted by molar-refractivity contribution is -0.153.